The molecule has 7 nitrogen and oxygen atoms in total. The van der Waals surface area contributed by atoms with Crippen molar-refractivity contribution in [2.45, 2.75) is 18.9 Å². The zero-order valence-electron chi connectivity index (χ0n) is 10.7. The lowest BCUT2D eigenvalue weighted by Gasteiger charge is -2.20. The molecule has 1 aliphatic heterocycles. The normalized spacial score (nSPS) is 18.9. The lowest BCUT2D eigenvalue weighted by atomic mass is 10.2. The van der Waals surface area contributed by atoms with E-state index in [9.17, 15) is 14.4 Å². The number of anilines is 1. The van der Waals surface area contributed by atoms with Crippen molar-refractivity contribution in [1.82, 2.24) is 4.90 Å². The third kappa shape index (κ3) is 3.14. The van der Waals surface area contributed by atoms with E-state index in [4.69, 9.17) is 10.8 Å². The number of hydrogen-bond acceptors (Lipinski definition) is 5. The van der Waals surface area contributed by atoms with Crippen LogP contribution in [0.15, 0.2) is 11.4 Å². The largest absolute Gasteiger partial charge is 0.480 e. The van der Waals surface area contributed by atoms with Gasteiger partial charge in [-0.15, -0.1) is 11.3 Å². The molecule has 108 valence electrons. The zero-order chi connectivity index (χ0) is 14.7. The molecule has 1 aromatic heterocycles. The Morgan fingerprint density at radius 3 is 2.90 bits per heavy atom. The topological polar surface area (TPSA) is 113 Å². The molecule has 1 fully saturated rings. The van der Waals surface area contributed by atoms with Crippen LogP contribution in [0.2, 0.25) is 0 Å². The van der Waals surface area contributed by atoms with Gasteiger partial charge in [-0.05, 0) is 30.8 Å². The van der Waals surface area contributed by atoms with Crippen LogP contribution in [-0.2, 0) is 9.59 Å². The van der Waals surface area contributed by atoms with Crippen LogP contribution in [0.5, 0.6) is 0 Å². The first-order valence-corrected chi connectivity index (χ1v) is 7.01. The number of aliphatic carboxylic acids is 1. The molecule has 8 heteroatoms. The van der Waals surface area contributed by atoms with E-state index in [2.05, 4.69) is 5.32 Å². The van der Waals surface area contributed by atoms with Crippen molar-refractivity contribution in [3.8, 4) is 0 Å². The maximum absolute atomic E-state index is 11.9. The second kappa shape index (κ2) is 6.02. The summed E-state index contributed by atoms with van der Waals surface area (Å²) in [7, 11) is 0. The Hall–Kier alpha value is -1.93. The number of likely N-dealkylation sites (tertiary alicyclic amines) is 1. The van der Waals surface area contributed by atoms with Gasteiger partial charge in [-0.2, -0.15) is 0 Å². The summed E-state index contributed by atoms with van der Waals surface area (Å²) >= 11 is 1.20. The van der Waals surface area contributed by atoms with Crippen LogP contribution >= 0.6 is 11.3 Å². The monoisotopic (exact) mass is 297 g/mol. The summed E-state index contributed by atoms with van der Waals surface area (Å²) in [5, 5.41) is 13.7. The summed E-state index contributed by atoms with van der Waals surface area (Å²) < 4.78 is 0. The Morgan fingerprint density at radius 2 is 2.25 bits per heavy atom. The van der Waals surface area contributed by atoms with Gasteiger partial charge in [0.25, 0.3) is 5.91 Å². The third-order valence-corrected chi connectivity index (χ3v) is 4.01. The summed E-state index contributed by atoms with van der Waals surface area (Å²) in [4.78, 5) is 35.7. The number of nitrogens with zero attached hydrogens (tertiary/aromatic N) is 1. The van der Waals surface area contributed by atoms with Gasteiger partial charge in [-0.3, -0.25) is 19.3 Å². The van der Waals surface area contributed by atoms with Crippen LogP contribution < -0.4 is 11.1 Å². The molecular weight excluding hydrogens is 282 g/mol. The van der Waals surface area contributed by atoms with E-state index in [-0.39, 0.29) is 18.0 Å². The lowest BCUT2D eigenvalue weighted by Crippen LogP contribution is -2.41. The third-order valence-electron chi connectivity index (χ3n) is 3.18. The number of hydrogen-bond donors (Lipinski definition) is 3. The number of thiophene rings is 1. The molecular formula is C12H15N3O4S. The number of carbonyl (C=O) groups is 3. The number of primary amides is 1. The molecule has 4 N–H and O–H groups in total. The van der Waals surface area contributed by atoms with E-state index in [0.717, 1.165) is 6.42 Å². The quantitative estimate of drug-likeness (QED) is 0.725. The molecule has 1 atom stereocenters. The highest BCUT2D eigenvalue weighted by Crippen LogP contribution is 2.23. The average molecular weight is 297 g/mol. The van der Waals surface area contributed by atoms with Crippen LogP contribution in [0, 0.1) is 0 Å². The van der Waals surface area contributed by atoms with Crippen LogP contribution in [0.25, 0.3) is 0 Å². The minimum atomic E-state index is -0.913. The standard InChI is InChI=1S/C12H15N3O4S/c13-10(17)7-3-5-20-11(7)14-9(16)6-15-4-1-2-8(15)12(18)19/h3,5,8H,1-2,4,6H2,(H2,13,17)(H,14,16)(H,18,19). The molecule has 0 radical (unpaired) electrons. The smallest absolute Gasteiger partial charge is 0.320 e. The van der Waals surface area contributed by atoms with Crippen molar-refractivity contribution >= 4 is 34.1 Å². The number of carboxylic acid groups (broad SMARTS) is 1. The maximum Gasteiger partial charge on any atom is 0.320 e. The lowest BCUT2D eigenvalue weighted by molar-refractivity contribution is -0.142. The van der Waals surface area contributed by atoms with Gasteiger partial charge in [-0.25, -0.2) is 0 Å². The Balaban J connectivity index is 1.97. The van der Waals surface area contributed by atoms with E-state index in [1.165, 1.54) is 11.3 Å². The number of carboxylic acids is 1. The van der Waals surface area contributed by atoms with Gasteiger partial charge < -0.3 is 16.2 Å². The van der Waals surface area contributed by atoms with Crippen molar-refractivity contribution in [3.05, 3.63) is 17.0 Å². The fourth-order valence-electron chi connectivity index (χ4n) is 2.25. The van der Waals surface area contributed by atoms with Gasteiger partial charge in [0.15, 0.2) is 0 Å². The molecule has 0 aliphatic carbocycles. The molecule has 1 aliphatic rings. The van der Waals surface area contributed by atoms with E-state index >= 15 is 0 Å². The maximum atomic E-state index is 11.9. The Kier molecular flexibility index (Phi) is 4.35. The van der Waals surface area contributed by atoms with Gasteiger partial charge in [-0.1, -0.05) is 0 Å². The van der Waals surface area contributed by atoms with Crippen molar-refractivity contribution in [2.75, 3.05) is 18.4 Å². The second-order valence-corrected chi connectivity index (χ2v) is 5.46. The highest BCUT2D eigenvalue weighted by Gasteiger charge is 2.31. The van der Waals surface area contributed by atoms with Gasteiger partial charge in [0.1, 0.15) is 11.0 Å². The summed E-state index contributed by atoms with van der Waals surface area (Å²) in [6.07, 6.45) is 1.31. The Bertz CT molecular complexity index is 543. The minimum Gasteiger partial charge on any atom is -0.480 e. The van der Waals surface area contributed by atoms with Crippen LogP contribution in [-0.4, -0.2) is 46.9 Å². The van der Waals surface area contributed by atoms with Crippen LogP contribution in [0.3, 0.4) is 0 Å². The summed E-state index contributed by atoms with van der Waals surface area (Å²) in [6, 6.07) is 0.929. The number of rotatable bonds is 5. The Labute approximate surface area is 119 Å². The van der Waals surface area contributed by atoms with Crippen molar-refractivity contribution in [2.24, 2.45) is 5.73 Å². The first-order chi connectivity index (χ1) is 9.49. The summed E-state index contributed by atoms with van der Waals surface area (Å²) in [5.74, 6) is -1.86. The van der Waals surface area contributed by atoms with Gasteiger partial charge in [0, 0.05) is 0 Å². The molecule has 1 unspecified atom stereocenters. The van der Waals surface area contributed by atoms with Crippen molar-refractivity contribution in [3.63, 3.8) is 0 Å². The van der Waals surface area contributed by atoms with Crippen molar-refractivity contribution < 1.29 is 19.5 Å². The number of nitrogens with one attached hydrogen (secondary N) is 1. The molecule has 2 amide bonds. The van der Waals surface area contributed by atoms with Crippen LogP contribution in [0.1, 0.15) is 23.2 Å². The SMILES string of the molecule is NC(=O)c1ccsc1NC(=O)CN1CCCC1C(=O)O. The average Bonchev–Trinajstić information content (AvgIpc) is 2.97. The minimum absolute atomic E-state index is 0.00688. The predicted octanol–water partition coefficient (Wildman–Crippen LogP) is 0.334. The predicted molar refractivity (Wildman–Crippen MR) is 73.7 cm³/mol. The molecule has 0 bridgehead atoms. The highest BCUT2D eigenvalue weighted by molar-refractivity contribution is 7.14. The fraction of sp³-hybridized carbons (Fsp3) is 0.417. The zero-order valence-corrected chi connectivity index (χ0v) is 11.5. The first kappa shape index (κ1) is 14.5. The molecule has 1 aromatic rings. The molecule has 1 saturated heterocycles. The second-order valence-electron chi connectivity index (χ2n) is 4.54. The number of nitrogens with two attached hydrogens (primary N) is 1. The fourth-order valence-corrected chi connectivity index (χ4v) is 3.05. The first-order valence-electron chi connectivity index (χ1n) is 6.13. The molecule has 0 saturated carbocycles. The number of carbonyl (C=O) groups excluding carboxylic acids is 2. The molecule has 0 aromatic carbocycles. The molecule has 2 rings (SSSR count). The molecule has 2 heterocycles. The van der Waals surface area contributed by atoms with E-state index < -0.39 is 17.9 Å². The number of amides is 2. The van der Waals surface area contributed by atoms with Crippen LogP contribution in [0.4, 0.5) is 5.00 Å². The van der Waals surface area contributed by atoms with E-state index in [0.29, 0.717) is 18.0 Å². The summed E-state index contributed by atoms with van der Waals surface area (Å²) in [6.45, 7) is 0.574. The van der Waals surface area contributed by atoms with Crippen molar-refractivity contribution in [1.29, 1.82) is 0 Å². The van der Waals surface area contributed by atoms with E-state index in [1.54, 1.807) is 16.3 Å². The van der Waals surface area contributed by atoms with Gasteiger partial charge in [0.2, 0.25) is 5.91 Å². The Morgan fingerprint density at radius 1 is 1.50 bits per heavy atom. The molecule has 0 spiro atoms. The summed E-state index contributed by atoms with van der Waals surface area (Å²) in [5.41, 5.74) is 5.45. The highest BCUT2D eigenvalue weighted by atomic mass is 32.1. The van der Waals surface area contributed by atoms with Gasteiger partial charge in [0.05, 0.1) is 12.1 Å². The van der Waals surface area contributed by atoms with E-state index in [1.807, 2.05) is 0 Å². The van der Waals surface area contributed by atoms with Gasteiger partial charge >= 0.3 is 5.97 Å². The molecule has 20 heavy (non-hydrogen) atoms.